The topological polar surface area (TPSA) is 91.4 Å². The molecule has 3 aromatic heterocycles. The molecule has 2 radical (unpaired) electrons. The first-order valence-electron chi connectivity index (χ1n) is 8.51. The fraction of sp³-hybridized carbons (Fsp3) is 0.278. The Labute approximate surface area is 164 Å². The molecule has 0 spiro atoms. The van der Waals surface area contributed by atoms with Gasteiger partial charge in [0, 0.05) is 13.2 Å². The molecule has 3 N–H and O–H groups in total. The van der Waals surface area contributed by atoms with Gasteiger partial charge >= 0.3 is 0 Å². The molecule has 0 amide bonds. The van der Waals surface area contributed by atoms with Crippen molar-refractivity contribution in [2.45, 2.75) is 19.8 Å². The average Bonchev–Trinajstić information content (AvgIpc) is 3.16. The minimum Gasteiger partial charge on any atom is -0.388 e. The van der Waals surface area contributed by atoms with Crippen molar-refractivity contribution >= 4 is 49.1 Å². The summed E-state index contributed by atoms with van der Waals surface area (Å²) < 4.78 is 1.66. The number of hydrogen-bond acceptors (Lipinski definition) is 4. The molecular formula is C18H21BN6OS. The molecule has 27 heavy (non-hydrogen) atoms. The van der Waals surface area contributed by atoms with E-state index >= 15 is 0 Å². The van der Waals surface area contributed by atoms with Crippen molar-refractivity contribution in [2.75, 3.05) is 5.32 Å². The first-order chi connectivity index (χ1) is 12.4. The van der Waals surface area contributed by atoms with Crippen LogP contribution in [0.1, 0.15) is 13.8 Å². The lowest BCUT2D eigenvalue weighted by Gasteiger charge is -2.21. The number of nitrogens with zero attached hydrogens (tertiary/aromatic N) is 3. The Morgan fingerprint density at radius 1 is 1.19 bits per heavy atom. The van der Waals surface area contributed by atoms with Gasteiger partial charge in [0.2, 0.25) is 0 Å². The van der Waals surface area contributed by atoms with Crippen LogP contribution in [-0.4, -0.2) is 38.5 Å². The van der Waals surface area contributed by atoms with Crippen molar-refractivity contribution in [3.05, 3.63) is 40.8 Å². The summed E-state index contributed by atoms with van der Waals surface area (Å²) in [7, 11) is 8.04. The lowest BCUT2D eigenvalue weighted by Crippen LogP contribution is -2.27. The summed E-state index contributed by atoms with van der Waals surface area (Å²) in [5.41, 5.74) is 3.70. The van der Waals surface area contributed by atoms with E-state index in [2.05, 4.69) is 25.4 Å². The standard InChI is InChI=1S/C18H19BN6O.H2S/c1-9(2)16(19)23-15-13(17-20-10-6-4-5-7-11(10)21-17)18(26)22-12-8-25(3)24-14(12)15;/h4-9,16,23H,1-3H3,(H,20,21)(H,22,26);1H2. The summed E-state index contributed by atoms with van der Waals surface area (Å²) in [6, 6.07) is 7.65. The third-order valence-corrected chi connectivity index (χ3v) is 4.45. The monoisotopic (exact) mass is 380 g/mol. The SMILES string of the molecule is S.[B]C(Nc1c(-c2nc3ccccc3[nH]2)c(=O)[nH]c2cn(C)nc12)C(C)C. The van der Waals surface area contributed by atoms with Gasteiger partial charge in [-0.3, -0.25) is 9.48 Å². The van der Waals surface area contributed by atoms with Crippen molar-refractivity contribution in [1.82, 2.24) is 24.7 Å². The molecule has 0 fully saturated rings. The summed E-state index contributed by atoms with van der Waals surface area (Å²) >= 11 is 0. The highest BCUT2D eigenvalue weighted by Gasteiger charge is 2.21. The number of aromatic amines is 2. The fourth-order valence-electron chi connectivity index (χ4n) is 2.95. The molecule has 4 rings (SSSR count). The number of hydrogen-bond donors (Lipinski definition) is 3. The molecule has 0 aliphatic rings. The molecule has 0 saturated heterocycles. The molecule has 138 valence electrons. The highest BCUT2D eigenvalue weighted by atomic mass is 32.1. The quantitative estimate of drug-likeness (QED) is 0.475. The van der Waals surface area contributed by atoms with Gasteiger partial charge in [-0.15, -0.1) is 0 Å². The average molecular weight is 380 g/mol. The van der Waals surface area contributed by atoms with E-state index in [0.717, 1.165) is 11.0 Å². The molecule has 0 saturated carbocycles. The number of para-hydroxylation sites is 2. The second-order valence-corrected chi connectivity index (χ2v) is 6.79. The van der Waals surface area contributed by atoms with Crippen LogP contribution in [0.15, 0.2) is 35.3 Å². The zero-order valence-corrected chi connectivity index (χ0v) is 16.4. The Hall–Kier alpha value is -2.68. The Balaban J connectivity index is 0.00000210. The van der Waals surface area contributed by atoms with Gasteiger partial charge in [0.25, 0.3) is 5.56 Å². The molecule has 1 atom stereocenters. The number of anilines is 1. The molecule has 1 aromatic carbocycles. The Kier molecular flexibility index (Phi) is 5.06. The van der Waals surface area contributed by atoms with Gasteiger partial charge in [-0.05, 0) is 24.0 Å². The van der Waals surface area contributed by atoms with Crippen LogP contribution in [0.5, 0.6) is 0 Å². The first-order valence-corrected chi connectivity index (χ1v) is 8.51. The highest BCUT2D eigenvalue weighted by molar-refractivity contribution is 7.59. The van der Waals surface area contributed by atoms with Gasteiger partial charge in [0.15, 0.2) is 0 Å². The number of pyridine rings is 1. The lowest BCUT2D eigenvalue weighted by atomic mass is 9.85. The minimum atomic E-state index is -0.329. The van der Waals surface area contributed by atoms with Crippen LogP contribution >= 0.6 is 13.5 Å². The normalized spacial score (nSPS) is 12.4. The van der Waals surface area contributed by atoms with Crippen LogP contribution in [0.2, 0.25) is 0 Å². The molecule has 3 heterocycles. The van der Waals surface area contributed by atoms with Crippen molar-refractivity contribution in [3.63, 3.8) is 0 Å². The Morgan fingerprint density at radius 3 is 2.63 bits per heavy atom. The summed E-state index contributed by atoms with van der Waals surface area (Å²) in [5.74, 6) is 0.333. The number of aromatic nitrogens is 5. The number of nitrogens with one attached hydrogen (secondary N) is 3. The van der Waals surface area contributed by atoms with Crippen LogP contribution in [0, 0.1) is 5.92 Å². The number of benzene rings is 1. The van der Waals surface area contributed by atoms with E-state index in [1.165, 1.54) is 0 Å². The molecule has 1 unspecified atom stereocenters. The van der Waals surface area contributed by atoms with E-state index in [-0.39, 0.29) is 30.9 Å². The maximum Gasteiger partial charge on any atom is 0.261 e. The van der Waals surface area contributed by atoms with E-state index in [4.69, 9.17) is 7.85 Å². The van der Waals surface area contributed by atoms with E-state index in [0.29, 0.717) is 28.1 Å². The number of fused-ring (bicyclic) bond motifs is 2. The predicted octanol–water partition coefficient (Wildman–Crippen LogP) is 2.48. The van der Waals surface area contributed by atoms with Crippen molar-refractivity contribution < 1.29 is 0 Å². The molecule has 0 bridgehead atoms. The van der Waals surface area contributed by atoms with Gasteiger partial charge < -0.3 is 15.3 Å². The third kappa shape index (κ3) is 3.34. The molecule has 7 nitrogen and oxygen atoms in total. The smallest absolute Gasteiger partial charge is 0.261 e. The fourth-order valence-corrected chi connectivity index (χ4v) is 2.95. The largest absolute Gasteiger partial charge is 0.388 e. The van der Waals surface area contributed by atoms with Crippen molar-refractivity contribution in [2.24, 2.45) is 13.0 Å². The van der Waals surface area contributed by atoms with Crippen LogP contribution in [0.3, 0.4) is 0 Å². The minimum absolute atomic E-state index is 0. The molecule has 4 aromatic rings. The summed E-state index contributed by atoms with van der Waals surface area (Å²) in [4.78, 5) is 23.5. The molecule has 9 heteroatoms. The summed E-state index contributed by atoms with van der Waals surface area (Å²) in [5, 5.41) is 7.77. The molecular weight excluding hydrogens is 359 g/mol. The maximum absolute atomic E-state index is 12.9. The number of rotatable bonds is 4. The predicted molar refractivity (Wildman–Crippen MR) is 115 cm³/mol. The van der Waals surface area contributed by atoms with E-state index < -0.39 is 0 Å². The number of imidazole rings is 1. The second kappa shape index (κ2) is 7.15. The Morgan fingerprint density at radius 2 is 1.93 bits per heavy atom. The van der Waals surface area contributed by atoms with Crippen LogP contribution in [0.25, 0.3) is 33.5 Å². The third-order valence-electron chi connectivity index (χ3n) is 4.45. The summed E-state index contributed by atoms with van der Waals surface area (Å²) in [6.45, 7) is 4.03. The van der Waals surface area contributed by atoms with Crippen molar-refractivity contribution in [3.8, 4) is 11.4 Å². The summed E-state index contributed by atoms with van der Waals surface area (Å²) in [6.07, 6.45) is 1.77. The van der Waals surface area contributed by atoms with Crippen molar-refractivity contribution in [1.29, 1.82) is 0 Å². The Bertz CT molecular complexity index is 1130. The van der Waals surface area contributed by atoms with Gasteiger partial charge in [-0.1, -0.05) is 26.0 Å². The number of aryl methyl sites for hydroxylation is 1. The maximum atomic E-state index is 12.9. The highest BCUT2D eigenvalue weighted by Crippen LogP contribution is 2.30. The number of H-pyrrole nitrogens is 2. The lowest BCUT2D eigenvalue weighted by molar-refractivity contribution is 0.643. The second-order valence-electron chi connectivity index (χ2n) is 6.79. The van der Waals surface area contributed by atoms with Gasteiger partial charge in [0.1, 0.15) is 16.9 Å². The van der Waals surface area contributed by atoms with Crippen LogP contribution in [0.4, 0.5) is 5.69 Å². The van der Waals surface area contributed by atoms with Crippen LogP contribution in [-0.2, 0) is 7.05 Å². The van der Waals surface area contributed by atoms with Gasteiger partial charge in [0.05, 0.1) is 30.1 Å². The molecule has 0 aliphatic heterocycles. The van der Waals surface area contributed by atoms with Gasteiger partial charge in [-0.2, -0.15) is 18.6 Å². The molecule has 0 aliphatic carbocycles. The first kappa shape index (κ1) is 19.1. The van der Waals surface area contributed by atoms with E-state index in [1.807, 2.05) is 45.2 Å². The van der Waals surface area contributed by atoms with E-state index in [9.17, 15) is 4.79 Å². The zero-order chi connectivity index (χ0) is 18.4. The zero-order valence-electron chi connectivity index (χ0n) is 15.4. The van der Waals surface area contributed by atoms with Gasteiger partial charge in [-0.25, -0.2) is 4.98 Å². The van der Waals surface area contributed by atoms with Crippen LogP contribution < -0.4 is 10.9 Å². The van der Waals surface area contributed by atoms with E-state index in [1.54, 1.807) is 10.9 Å².